The van der Waals surface area contributed by atoms with Gasteiger partial charge in [-0.2, -0.15) is 0 Å². The number of rotatable bonds is 1. The SMILES string of the molecule is NC(=S)N1CCN(c2ccccn2)CC1. The van der Waals surface area contributed by atoms with Gasteiger partial charge in [0.2, 0.25) is 0 Å². The second-order valence-corrected chi connectivity index (χ2v) is 3.92. The van der Waals surface area contributed by atoms with Crippen LogP contribution in [0.5, 0.6) is 0 Å². The first kappa shape index (κ1) is 10.2. The average molecular weight is 222 g/mol. The van der Waals surface area contributed by atoms with Crippen molar-refractivity contribution in [2.24, 2.45) is 5.73 Å². The molecule has 0 aromatic carbocycles. The lowest BCUT2D eigenvalue weighted by Gasteiger charge is -2.35. The van der Waals surface area contributed by atoms with Crippen molar-refractivity contribution in [3.63, 3.8) is 0 Å². The van der Waals surface area contributed by atoms with Gasteiger partial charge in [0.1, 0.15) is 5.82 Å². The first-order chi connectivity index (χ1) is 7.27. The molecule has 1 aromatic heterocycles. The number of piperazine rings is 1. The number of nitrogens with zero attached hydrogens (tertiary/aromatic N) is 3. The number of hydrogen-bond acceptors (Lipinski definition) is 3. The highest BCUT2D eigenvalue weighted by molar-refractivity contribution is 7.80. The van der Waals surface area contributed by atoms with Gasteiger partial charge in [-0.25, -0.2) is 4.98 Å². The molecule has 1 aromatic rings. The molecule has 0 atom stereocenters. The van der Waals surface area contributed by atoms with Crippen LogP contribution in [0.15, 0.2) is 24.4 Å². The summed E-state index contributed by atoms with van der Waals surface area (Å²) in [6.07, 6.45) is 1.81. The van der Waals surface area contributed by atoms with Crippen molar-refractivity contribution in [2.45, 2.75) is 0 Å². The van der Waals surface area contributed by atoms with Crippen LogP contribution < -0.4 is 10.6 Å². The number of anilines is 1. The van der Waals surface area contributed by atoms with Crippen LogP contribution in [0.3, 0.4) is 0 Å². The number of nitrogens with two attached hydrogens (primary N) is 1. The molecular weight excluding hydrogens is 208 g/mol. The Kier molecular flexibility index (Phi) is 3.01. The largest absolute Gasteiger partial charge is 0.376 e. The number of thiocarbonyl (C=S) groups is 1. The summed E-state index contributed by atoms with van der Waals surface area (Å²) < 4.78 is 0. The lowest BCUT2D eigenvalue weighted by Crippen LogP contribution is -2.50. The van der Waals surface area contributed by atoms with Gasteiger partial charge < -0.3 is 15.5 Å². The highest BCUT2D eigenvalue weighted by atomic mass is 32.1. The lowest BCUT2D eigenvalue weighted by atomic mass is 10.3. The molecule has 2 N–H and O–H groups in total. The Balaban J connectivity index is 1.97. The molecule has 1 aliphatic heterocycles. The van der Waals surface area contributed by atoms with Crippen molar-refractivity contribution in [3.8, 4) is 0 Å². The van der Waals surface area contributed by atoms with Crippen LogP contribution in [0.2, 0.25) is 0 Å². The highest BCUT2D eigenvalue weighted by Crippen LogP contribution is 2.11. The van der Waals surface area contributed by atoms with E-state index < -0.39 is 0 Å². The highest BCUT2D eigenvalue weighted by Gasteiger charge is 2.17. The Labute approximate surface area is 94.7 Å². The van der Waals surface area contributed by atoms with Gasteiger partial charge in [0.25, 0.3) is 0 Å². The Morgan fingerprint density at radius 2 is 2.00 bits per heavy atom. The molecule has 1 fully saturated rings. The first-order valence-corrected chi connectivity index (χ1v) is 5.38. The maximum absolute atomic E-state index is 5.57. The number of hydrogen-bond donors (Lipinski definition) is 1. The fraction of sp³-hybridized carbons (Fsp3) is 0.400. The van der Waals surface area contributed by atoms with Crippen molar-refractivity contribution in [3.05, 3.63) is 24.4 Å². The molecule has 0 unspecified atom stereocenters. The van der Waals surface area contributed by atoms with Crippen LogP contribution in [-0.4, -0.2) is 41.2 Å². The first-order valence-electron chi connectivity index (χ1n) is 4.98. The van der Waals surface area contributed by atoms with Crippen LogP contribution in [0.1, 0.15) is 0 Å². The van der Waals surface area contributed by atoms with E-state index in [4.69, 9.17) is 18.0 Å². The summed E-state index contributed by atoms with van der Waals surface area (Å²) in [5, 5.41) is 0.496. The molecule has 5 heteroatoms. The summed E-state index contributed by atoms with van der Waals surface area (Å²) in [4.78, 5) is 8.58. The predicted octanol–water partition coefficient (Wildman–Crippen LogP) is 0.447. The van der Waals surface area contributed by atoms with Crippen LogP contribution in [0, 0.1) is 0 Å². The Morgan fingerprint density at radius 1 is 1.27 bits per heavy atom. The van der Waals surface area contributed by atoms with E-state index in [1.54, 1.807) is 0 Å². The topological polar surface area (TPSA) is 45.4 Å². The van der Waals surface area contributed by atoms with E-state index in [1.165, 1.54) is 0 Å². The van der Waals surface area contributed by atoms with Crippen molar-refractivity contribution in [1.29, 1.82) is 0 Å². The molecular formula is C10H14N4S. The third-order valence-corrected chi connectivity index (χ3v) is 2.82. The van der Waals surface area contributed by atoms with Gasteiger partial charge in [0.05, 0.1) is 0 Å². The van der Waals surface area contributed by atoms with E-state index in [1.807, 2.05) is 29.3 Å². The summed E-state index contributed by atoms with van der Waals surface area (Å²) in [5.41, 5.74) is 5.57. The minimum absolute atomic E-state index is 0.496. The van der Waals surface area contributed by atoms with E-state index in [0.29, 0.717) is 5.11 Å². The molecule has 0 spiro atoms. The molecule has 0 amide bonds. The quantitative estimate of drug-likeness (QED) is 0.699. The number of aromatic nitrogens is 1. The van der Waals surface area contributed by atoms with Crippen molar-refractivity contribution >= 4 is 23.1 Å². The summed E-state index contributed by atoms with van der Waals surface area (Å²) in [7, 11) is 0. The Hall–Kier alpha value is -1.36. The summed E-state index contributed by atoms with van der Waals surface area (Å²) in [6, 6.07) is 5.95. The maximum Gasteiger partial charge on any atom is 0.166 e. The fourth-order valence-electron chi connectivity index (χ4n) is 1.70. The van der Waals surface area contributed by atoms with Gasteiger partial charge in [-0.15, -0.1) is 0 Å². The summed E-state index contributed by atoms with van der Waals surface area (Å²) in [6.45, 7) is 3.61. The van der Waals surface area contributed by atoms with E-state index in [2.05, 4.69) is 9.88 Å². The van der Waals surface area contributed by atoms with Crippen LogP contribution in [0.25, 0.3) is 0 Å². The van der Waals surface area contributed by atoms with E-state index in [-0.39, 0.29) is 0 Å². The molecule has 2 heterocycles. The molecule has 0 bridgehead atoms. The van der Waals surface area contributed by atoms with Gasteiger partial charge in [-0.05, 0) is 24.4 Å². The van der Waals surface area contributed by atoms with E-state index >= 15 is 0 Å². The third-order valence-electron chi connectivity index (χ3n) is 2.56. The van der Waals surface area contributed by atoms with Crippen LogP contribution in [-0.2, 0) is 0 Å². The summed E-state index contributed by atoms with van der Waals surface area (Å²) in [5.74, 6) is 1.03. The second kappa shape index (κ2) is 4.44. The molecule has 1 saturated heterocycles. The molecule has 0 saturated carbocycles. The molecule has 1 aliphatic rings. The Morgan fingerprint density at radius 3 is 2.53 bits per heavy atom. The third kappa shape index (κ3) is 2.36. The minimum Gasteiger partial charge on any atom is -0.376 e. The van der Waals surface area contributed by atoms with E-state index in [0.717, 1.165) is 32.0 Å². The van der Waals surface area contributed by atoms with Gasteiger partial charge in [-0.1, -0.05) is 6.07 Å². The van der Waals surface area contributed by atoms with Gasteiger partial charge in [-0.3, -0.25) is 0 Å². The molecule has 80 valence electrons. The van der Waals surface area contributed by atoms with Crippen molar-refractivity contribution in [1.82, 2.24) is 9.88 Å². The summed E-state index contributed by atoms with van der Waals surface area (Å²) >= 11 is 4.94. The zero-order valence-corrected chi connectivity index (χ0v) is 9.28. The van der Waals surface area contributed by atoms with Crippen molar-refractivity contribution < 1.29 is 0 Å². The predicted molar refractivity (Wildman–Crippen MR) is 64.8 cm³/mol. The monoisotopic (exact) mass is 222 g/mol. The lowest BCUT2D eigenvalue weighted by molar-refractivity contribution is 0.387. The Bertz CT molecular complexity index is 333. The fourth-order valence-corrected chi connectivity index (χ4v) is 1.88. The minimum atomic E-state index is 0.496. The molecule has 15 heavy (non-hydrogen) atoms. The van der Waals surface area contributed by atoms with Gasteiger partial charge >= 0.3 is 0 Å². The van der Waals surface area contributed by atoms with Crippen LogP contribution in [0.4, 0.5) is 5.82 Å². The molecule has 2 rings (SSSR count). The zero-order chi connectivity index (χ0) is 10.7. The van der Waals surface area contributed by atoms with Crippen LogP contribution >= 0.6 is 12.2 Å². The van der Waals surface area contributed by atoms with Gasteiger partial charge in [0, 0.05) is 32.4 Å². The molecule has 0 aliphatic carbocycles. The normalized spacial score (nSPS) is 16.5. The van der Waals surface area contributed by atoms with Crippen molar-refractivity contribution in [2.75, 3.05) is 31.1 Å². The maximum atomic E-state index is 5.57. The smallest absolute Gasteiger partial charge is 0.166 e. The average Bonchev–Trinajstić information content (AvgIpc) is 2.30. The van der Waals surface area contributed by atoms with E-state index in [9.17, 15) is 0 Å². The molecule has 4 nitrogen and oxygen atoms in total. The molecule has 0 radical (unpaired) electrons. The second-order valence-electron chi connectivity index (χ2n) is 3.50. The standard InChI is InChI=1S/C10H14N4S/c11-10(15)14-7-5-13(6-8-14)9-3-1-2-4-12-9/h1-4H,5-8H2,(H2,11,15). The zero-order valence-electron chi connectivity index (χ0n) is 8.47. The number of pyridine rings is 1. The van der Waals surface area contributed by atoms with Gasteiger partial charge in [0.15, 0.2) is 5.11 Å².